The molecule has 104 valence electrons. The SMILES string of the molecule is CC(C)C[C@H](N=Cc1cc(Cl)cc(Cl)c1O)C(=O)O. The van der Waals surface area contributed by atoms with E-state index in [1.165, 1.54) is 18.3 Å². The lowest BCUT2D eigenvalue weighted by Crippen LogP contribution is -2.20. The number of halogens is 2. The fraction of sp³-hybridized carbons (Fsp3) is 0.385. The molecule has 0 spiro atoms. The number of phenols is 1. The normalized spacial score (nSPS) is 13.1. The molecule has 0 bridgehead atoms. The highest BCUT2D eigenvalue weighted by Crippen LogP contribution is 2.30. The quantitative estimate of drug-likeness (QED) is 0.816. The maximum absolute atomic E-state index is 11.0. The minimum Gasteiger partial charge on any atom is -0.506 e. The summed E-state index contributed by atoms with van der Waals surface area (Å²) in [5, 5.41) is 19.2. The van der Waals surface area contributed by atoms with E-state index in [1.54, 1.807) is 0 Å². The summed E-state index contributed by atoms with van der Waals surface area (Å²) in [5.41, 5.74) is 0.299. The van der Waals surface area contributed by atoms with E-state index in [0.717, 1.165) is 0 Å². The summed E-state index contributed by atoms with van der Waals surface area (Å²) in [4.78, 5) is 15.0. The molecule has 1 atom stereocenters. The van der Waals surface area contributed by atoms with E-state index in [4.69, 9.17) is 28.3 Å². The van der Waals surface area contributed by atoms with Crippen molar-refractivity contribution in [2.24, 2.45) is 10.9 Å². The van der Waals surface area contributed by atoms with Gasteiger partial charge in [0.05, 0.1) is 5.02 Å². The van der Waals surface area contributed by atoms with Gasteiger partial charge in [-0.15, -0.1) is 0 Å². The molecule has 0 unspecified atom stereocenters. The van der Waals surface area contributed by atoms with Crippen molar-refractivity contribution in [2.45, 2.75) is 26.3 Å². The Labute approximate surface area is 121 Å². The molecule has 0 aromatic heterocycles. The van der Waals surface area contributed by atoms with Crippen molar-refractivity contribution in [3.8, 4) is 5.75 Å². The summed E-state index contributed by atoms with van der Waals surface area (Å²) in [6.45, 7) is 3.83. The number of rotatable bonds is 5. The van der Waals surface area contributed by atoms with Crippen LogP contribution < -0.4 is 0 Å². The largest absolute Gasteiger partial charge is 0.506 e. The molecule has 0 amide bonds. The van der Waals surface area contributed by atoms with Crippen LogP contribution >= 0.6 is 23.2 Å². The van der Waals surface area contributed by atoms with Gasteiger partial charge >= 0.3 is 5.97 Å². The topological polar surface area (TPSA) is 69.9 Å². The number of carboxylic acid groups (broad SMARTS) is 1. The number of hydrogen-bond donors (Lipinski definition) is 2. The van der Waals surface area contributed by atoms with Gasteiger partial charge in [-0.25, -0.2) is 4.79 Å². The molecular weight excluding hydrogens is 289 g/mol. The second-order valence-electron chi connectivity index (χ2n) is 4.59. The molecule has 0 radical (unpaired) electrons. The fourth-order valence-electron chi connectivity index (χ4n) is 1.53. The predicted octanol–water partition coefficient (Wildman–Crippen LogP) is 3.62. The zero-order valence-corrected chi connectivity index (χ0v) is 12.1. The Bertz CT molecular complexity index is 501. The molecule has 4 nitrogen and oxygen atoms in total. The fourth-order valence-corrected chi connectivity index (χ4v) is 2.04. The summed E-state index contributed by atoms with van der Waals surface area (Å²) >= 11 is 11.6. The number of benzene rings is 1. The minimum absolute atomic E-state index is 0.102. The van der Waals surface area contributed by atoms with Gasteiger partial charge in [-0.2, -0.15) is 0 Å². The van der Waals surface area contributed by atoms with Gasteiger partial charge in [0.2, 0.25) is 0 Å². The minimum atomic E-state index is -1.00. The molecule has 0 saturated heterocycles. The van der Waals surface area contributed by atoms with E-state index in [1.807, 2.05) is 13.8 Å². The summed E-state index contributed by atoms with van der Waals surface area (Å²) in [6.07, 6.45) is 1.70. The van der Waals surface area contributed by atoms with Crippen molar-refractivity contribution in [3.63, 3.8) is 0 Å². The zero-order valence-electron chi connectivity index (χ0n) is 10.6. The Morgan fingerprint density at radius 2 is 2.05 bits per heavy atom. The average Bonchev–Trinajstić information content (AvgIpc) is 2.29. The van der Waals surface area contributed by atoms with Crippen LogP contribution in [0.5, 0.6) is 5.75 Å². The van der Waals surface area contributed by atoms with Crippen molar-refractivity contribution in [1.82, 2.24) is 0 Å². The predicted molar refractivity (Wildman–Crippen MR) is 76.6 cm³/mol. The third-order valence-corrected chi connectivity index (χ3v) is 2.94. The van der Waals surface area contributed by atoms with Gasteiger partial charge in [-0.1, -0.05) is 37.0 Å². The molecule has 1 rings (SSSR count). The number of aliphatic imine (C=N–C) groups is 1. The van der Waals surface area contributed by atoms with Crippen LogP contribution in [0.25, 0.3) is 0 Å². The zero-order chi connectivity index (χ0) is 14.6. The first kappa shape index (κ1) is 15.8. The van der Waals surface area contributed by atoms with Crippen molar-refractivity contribution in [3.05, 3.63) is 27.7 Å². The van der Waals surface area contributed by atoms with Crippen LogP contribution in [0.2, 0.25) is 10.0 Å². The van der Waals surface area contributed by atoms with E-state index in [0.29, 0.717) is 17.0 Å². The molecular formula is C13H15Cl2NO3. The number of hydrogen-bond acceptors (Lipinski definition) is 3. The first-order chi connectivity index (χ1) is 8.81. The molecule has 1 aromatic carbocycles. The van der Waals surface area contributed by atoms with Crippen LogP contribution in [-0.2, 0) is 4.79 Å². The smallest absolute Gasteiger partial charge is 0.328 e. The highest BCUT2D eigenvalue weighted by molar-refractivity contribution is 6.36. The first-order valence-electron chi connectivity index (χ1n) is 5.75. The van der Waals surface area contributed by atoms with E-state index in [9.17, 15) is 9.90 Å². The molecule has 19 heavy (non-hydrogen) atoms. The number of nitrogens with zero attached hydrogens (tertiary/aromatic N) is 1. The maximum atomic E-state index is 11.0. The second kappa shape index (κ2) is 6.78. The maximum Gasteiger partial charge on any atom is 0.328 e. The van der Waals surface area contributed by atoms with Crippen LogP contribution in [-0.4, -0.2) is 28.4 Å². The monoisotopic (exact) mass is 303 g/mol. The van der Waals surface area contributed by atoms with Crippen LogP contribution in [0.1, 0.15) is 25.8 Å². The van der Waals surface area contributed by atoms with Gasteiger partial charge in [-0.3, -0.25) is 4.99 Å². The van der Waals surface area contributed by atoms with Crippen molar-refractivity contribution >= 4 is 35.4 Å². The average molecular weight is 304 g/mol. The van der Waals surface area contributed by atoms with Crippen molar-refractivity contribution in [2.75, 3.05) is 0 Å². The standard InChI is InChI=1S/C13H15Cl2NO3/c1-7(2)3-11(13(18)19)16-6-8-4-9(14)5-10(15)12(8)17/h4-7,11,17H,3H2,1-2H3,(H,18,19)/t11-/m0/s1. The van der Waals surface area contributed by atoms with Gasteiger partial charge < -0.3 is 10.2 Å². The third-order valence-electron chi connectivity index (χ3n) is 2.43. The highest BCUT2D eigenvalue weighted by atomic mass is 35.5. The lowest BCUT2D eigenvalue weighted by molar-refractivity contribution is -0.138. The summed E-state index contributed by atoms with van der Waals surface area (Å²) in [7, 11) is 0. The Kier molecular flexibility index (Phi) is 5.63. The number of carboxylic acids is 1. The molecule has 1 aromatic rings. The molecule has 0 aliphatic rings. The lowest BCUT2D eigenvalue weighted by Gasteiger charge is -2.10. The van der Waals surface area contributed by atoms with Gasteiger partial charge in [0.15, 0.2) is 0 Å². The van der Waals surface area contributed by atoms with Crippen LogP contribution in [0.4, 0.5) is 0 Å². The number of phenolic OH excluding ortho intramolecular Hbond substituents is 1. The second-order valence-corrected chi connectivity index (χ2v) is 5.43. The highest BCUT2D eigenvalue weighted by Gasteiger charge is 2.17. The first-order valence-corrected chi connectivity index (χ1v) is 6.50. The number of carbonyl (C=O) groups is 1. The Morgan fingerprint density at radius 3 is 2.58 bits per heavy atom. The summed E-state index contributed by atoms with van der Waals surface area (Å²) in [5.74, 6) is -0.962. The Morgan fingerprint density at radius 1 is 1.42 bits per heavy atom. The van der Waals surface area contributed by atoms with Crippen molar-refractivity contribution < 1.29 is 15.0 Å². The van der Waals surface area contributed by atoms with Gasteiger partial charge in [-0.05, 0) is 24.5 Å². The van der Waals surface area contributed by atoms with Crippen LogP contribution in [0, 0.1) is 5.92 Å². The van der Waals surface area contributed by atoms with E-state index >= 15 is 0 Å². The number of aromatic hydroxyl groups is 1. The van der Waals surface area contributed by atoms with Crippen LogP contribution in [0.15, 0.2) is 17.1 Å². The molecule has 0 aliphatic carbocycles. The summed E-state index contributed by atoms with van der Waals surface area (Å²) < 4.78 is 0. The Balaban J connectivity index is 2.99. The van der Waals surface area contributed by atoms with Gasteiger partial charge in [0, 0.05) is 16.8 Å². The molecule has 6 heteroatoms. The number of aliphatic carboxylic acids is 1. The van der Waals surface area contributed by atoms with E-state index < -0.39 is 12.0 Å². The van der Waals surface area contributed by atoms with Crippen molar-refractivity contribution in [1.29, 1.82) is 0 Å². The third kappa shape index (κ3) is 4.73. The summed E-state index contributed by atoms with van der Waals surface area (Å²) in [6, 6.07) is 2.02. The van der Waals surface area contributed by atoms with E-state index in [-0.39, 0.29) is 16.7 Å². The van der Waals surface area contributed by atoms with Crippen LogP contribution in [0.3, 0.4) is 0 Å². The Hall–Kier alpha value is -1.26. The lowest BCUT2D eigenvalue weighted by atomic mass is 10.0. The molecule has 0 saturated carbocycles. The van der Waals surface area contributed by atoms with E-state index in [2.05, 4.69) is 4.99 Å². The molecule has 0 heterocycles. The molecule has 0 fully saturated rings. The van der Waals surface area contributed by atoms with Gasteiger partial charge in [0.25, 0.3) is 0 Å². The molecule has 0 aliphatic heterocycles. The van der Waals surface area contributed by atoms with Gasteiger partial charge in [0.1, 0.15) is 11.8 Å². The molecule has 2 N–H and O–H groups in total.